The molecule has 0 amide bonds. The number of esters is 1. The topological polar surface area (TPSA) is 50.1 Å². The van der Waals surface area contributed by atoms with Crippen molar-refractivity contribution in [3.05, 3.63) is 33.8 Å². The van der Waals surface area contributed by atoms with Gasteiger partial charge in [-0.3, -0.25) is 0 Å². The van der Waals surface area contributed by atoms with Crippen LogP contribution in [0.5, 0.6) is 0 Å². The Morgan fingerprint density at radius 1 is 1.64 bits per heavy atom. The summed E-state index contributed by atoms with van der Waals surface area (Å²) in [6.07, 6.45) is 0.333. The maximum atomic E-state index is 11.2. The normalized spacial score (nSPS) is 9.21. The van der Waals surface area contributed by atoms with E-state index in [9.17, 15) is 4.79 Å². The summed E-state index contributed by atoms with van der Waals surface area (Å²) in [5.74, 6) is -0.389. The highest BCUT2D eigenvalue weighted by atomic mass is 79.9. The van der Waals surface area contributed by atoms with Crippen molar-refractivity contribution in [3.8, 4) is 6.07 Å². The predicted octanol–water partition coefficient (Wildman–Crippen LogP) is 2.30. The van der Waals surface area contributed by atoms with Gasteiger partial charge in [-0.2, -0.15) is 5.26 Å². The van der Waals surface area contributed by atoms with Crippen LogP contribution < -0.4 is 0 Å². The van der Waals surface area contributed by atoms with Crippen LogP contribution in [0.4, 0.5) is 0 Å². The van der Waals surface area contributed by atoms with Gasteiger partial charge in [0, 0.05) is 4.47 Å². The lowest BCUT2D eigenvalue weighted by atomic mass is 10.1. The van der Waals surface area contributed by atoms with Crippen molar-refractivity contribution in [1.82, 2.24) is 0 Å². The van der Waals surface area contributed by atoms with Gasteiger partial charge in [-0.05, 0) is 33.6 Å². The van der Waals surface area contributed by atoms with Gasteiger partial charge in [0.05, 0.1) is 25.2 Å². The van der Waals surface area contributed by atoms with Gasteiger partial charge < -0.3 is 4.74 Å². The van der Waals surface area contributed by atoms with Crippen molar-refractivity contribution in [2.24, 2.45) is 0 Å². The molecule has 0 aliphatic heterocycles. The summed E-state index contributed by atoms with van der Waals surface area (Å²) < 4.78 is 5.23. The average Bonchev–Trinajstić information content (AvgIpc) is 2.17. The van der Waals surface area contributed by atoms with Crippen LogP contribution in [0.1, 0.15) is 15.9 Å². The van der Waals surface area contributed by atoms with E-state index >= 15 is 0 Å². The molecule has 0 aliphatic rings. The Morgan fingerprint density at radius 2 is 2.36 bits per heavy atom. The van der Waals surface area contributed by atoms with Crippen molar-refractivity contribution >= 4 is 21.9 Å². The third-order valence-electron chi connectivity index (χ3n) is 1.72. The molecule has 1 aromatic rings. The van der Waals surface area contributed by atoms with Gasteiger partial charge in [0.25, 0.3) is 0 Å². The standard InChI is InChI=1S/C10H8BrNO2/c1-14-10(13)8-3-2-7(4-5-12)6-9(8)11/h2-3,6H,4H2,1H3. The number of methoxy groups -OCH3 is 1. The number of ether oxygens (including phenoxy) is 1. The zero-order chi connectivity index (χ0) is 10.6. The summed E-state index contributed by atoms with van der Waals surface area (Å²) in [7, 11) is 1.33. The van der Waals surface area contributed by atoms with E-state index in [-0.39, 0.29) is 5.97 Å². The van der Waals surface area contributed by atoms with E-state index in [0.717, 1.165) is 5.56 Å². The van der Waals surface area contributed by atoms with Crippen LogP contribution in [0.2, 0.25) is 0 Å². The minimum Gasteiger partial charge on any atom is -0.465 e. The van der Waals surface area contributed by atoms with E-state index in [0.29, 0.717) is 16.5 Å². The number of benzene rings is 1. The van der Waals surface area contributed by atoms with Crippen LogP contribution in [0.3, 0.4) is 0 Å². The zero-order valence-corrected chi connectivity index (χ0v) is 9.17. The van der Waals surface area contributed by atoms with Crippen LogP contribution in [0.15, 0.2) is 22.7 Å². The summed E-state index contributed by atoms with van der Waals surface area (Å²) in [4.78, 5) is 11.2. The average molecular weight is 254 g/mol. The Labute approximate surface area is 90.4 Å². The maximum absolute atomic E-state index is 11.2. The van der Waals surface area contributed by atoms with Crippen molar-refractivity contribution in [1.29, 1.82) is 5.26 Å². The molecule has 0 heterocycles. The molecule has 1 aromatic carbocycles. The second-order valence-corrected chi connectivity index (χ2v) is 3.50. The first-order valence-electron chi connectivity index (χ1n) is 3.92. The minimum absolute atomic E-state index is 0.333. The molecule has 0 spiro atoms. The van der Waals surface area contributed by atoms with Gasteiger partial charge in [-0.1, -0.05) is 6.07 Å². The molecule has 4 heteroatoms. The van der Waals surface area contributed by atoms with Gasteiger partial charge in [0.15, 0.2) is 0 Å². The highest BCUT2D eigenvalue weighted by Gasteiger charge is 2.09. The first-order valence-corrected chi connectivity index (χ1v) is 4.72. The van der Waals surface area contributed by atoms with Crippen LogP contribution in [-0.2, 0) is 11.2 Å². The minimum atomic E-state index is -0.389. The van der Waals surface area contributed by atoms with Gasteiger partial charge >= 0.3 is 5.97 Å². The van der Waals surface area contributed by atoms with E-state index < -0.39 is 0 Å². The van der Waals surface area contributed by atoms with E-state index in [1.807, 2.05) is 6.07 Å². The number of nitrogens with zero attached hydrogens (tertiary/aromatic N) is 1. The highest BCUT2D eigenvalue weighted by molar-refractivity contribution is 9.10. The Bertz CT molecular complexity index is 396. The Hall–Kier alpha value is -1.34. The van der Waals surface area contributed by atoms with E-state index in [4.69, 9.17) is 5.26 Å². The maximum Gasteiger partial charge on any atom is 0.338 e. The molecule has 0 aliphatic carbocycles. The third kappa shape index (κ3) is 2.33. The number of carbonyl (C=O) groups excluding carboxylic acids is 1. The molecule has 0 radical (unpaired) electrons. The number of halogens is 1. The monoisotopic (exact) mass is 253 g/mol. The smallest absolute Gasteiger partial charge is 0.338 e. The Balaban J connectivity index is 3.02. The summed E-state index contributed by atoms with van der Waals surface area (Å²) in [5, 5.41) is 8.48. The number of hydrogen-bond donors (Lipinski definition) is 0. The van der Waals surface area contributed by atoms with Gasteiger partial charge in [-0.15, -0.1) is 0 Å². The van der Waals surface area contributed by atoms with Crippen LogP contribution in [0.25, 0.3) is 0 Å². The number of rotatable bonds is 2. The van der Waals surface area contributed by atoms with Crippen LogP contribution in [0, 0.1) is 11.3 Å². The van der Waals surface area contributed by atoms with E-state index in [1.54, 1.807) is 18.2 Å². The SMILES string of the molecule is COC(=O)c1ccc(CC#N)cc1Br. The molecule has 0 aromatic heterocycles. The van der Waals surface area contributed by atoms with Gasteiger partial charge in [0.2, 0.25) is 0 Å². The van der Waals surface area contributed by atoms with E-state index in [1.165, 1.54) is 7.11 Å². The molecule has 0 saturated carbocycles. The molecule has 1 rings (SSSR count). The van der Waals surface area contributed by atoms with Crippen LogP contribution >= 0.6 is 15.9 Å². The first-order chi connectivity index (χ1) is 6.69. The van der Waals surface area contributed by atoms with Crippen molar-refractivity contribution in [2.75, 3.05) is 7.11 Å². The number of nitriles is 1. The quantitative estimate of drug-likeness (QED) is 0.761. The zero-order valence-electron chi connectivity index (χ0n) is 7.58. The lowest BCUT2D eigenvalue weighted by Crippen LogP contribution is -2.02. The number of hydrogen-bond acceptors (Lipinski definition) is 3. The molecule has 3 nitrogen and oxygen atoms in total. The number of carbonyl (C=O) groups is 1. The fourth-order valence-corrected chi connectivity index (χ4v) is 1.62. The fraction of sp³-hybridized carbons (Fsp3) is 0.200. The van der Waals surface area contributed by atoms with Crippen molar-refractivity contribution in [3.63, 3.8) is 0 Å². The molecular formula is C10H8BrNO2. The summed E-state index contributed by atoms with van der Waals surface area (Å²) >= 11 is 3.25. The lowest BCUT2D eigenvalue weighted by molar-refractivity contribution is 0.0599. The predicted molar refractivity (Wildman–Crippen MR) is 54.8 cm³/mol. The largest absolute Gasteiger partial charge is 0.465 e. The Kier molecular flexibility index (Phi) is 3.66. The first kappa shape index (κ1) is 10.7. The van der Waals surface area contributed by atoms with Crippen molar-refractivity contribution < 1.29 is 9.53 Å². The van der Waals surface area contributed by atoms with E-state index in [2.05, 4.69) is 20.7 Å². The Morgan fingerprint density at radius 3 is 2.86 bits per heavy atom. The molecule has 0 N–H and O–H groups in total. The molecule has 0 unspecified atom stereocenters. The lowest BCUT2D eigenvalue weighted by Gasteiger charge is -2.03. The highest BCUT2D eigenvalue weighted by Crippen LogP contribution is 2.19. The molecule has 0 atom stereocenters. The van der Waals surface area contributed by atoms with Crippen molar-refractivity contribution in [2.45, 2.75) is 6.42 Å². The third-order valence-corrected chi connectivity index (χ3v) is 2.38. The van der Waals surface area contributed by atoms with Gasteiger partial charge in [0.1, 0.15) is 0 Å². The summed E-state index contributed by atoms with van der Waals surface area (Å²) in [6, 6.07) is 7.16. The second-order valence-electron chi connectivity index (χ2n) is 2.64. The second kappa shape index (κ2) is 4.77. The summed E-state index contributed by atoms with van der Waals surface area (Å²) in [6.45, 7) is 0. The molecule has 72 valence electrons. The molecule has 0 fully saturated rings. The van der Waals surface area contributed by atoms with Gasteiger partial charge in [-0.25, -0.2) is 4.79 Å². The summed E-state index contributed by atoms with van der Waals surface area (Å²) in [5.41, 5.74) is 1.33. The van der Waals surface area contributed by atoms with Crippen LogP contribution in [-0.4, -0.2) is 13.1 Å². The molecular weight excluding hydrogens is 246 g/mol. The molecule has 14 heavy (non-hydrogen) atoms. The molecule has 0 saturated heterocycles. The molecule has 0 bridgehead atoms. The fourth-order valence-electron chi connectivity index (χ4n) is 1.04.